The summed E-state index contributed by atoms with van der Waals surface area (Å²) < 4.78 is 10.6. The van der Waals surface area contributed by atoms with E-state index in [4.69, 9.17) is 9.47 Å². The molecule has 1 atom stereocenters. The topological polar surface area (TPSA) is 67.9 Å². The summed E-state index contributed by atoms with van der Waals surface area (Å²) >= 11 is 0. The maximum Gasteiger partial charge on any atom is 0.231 e. The highest BCUT2D eigenvalue weighted by atomic mass is 16.7. The van der Waals surface area contributed by atoms with E-state index in [0.717, 1.165) is 24.2 Å². The fourth-order valence-corrected chi connectivity index (χ4v) is 3.86. The van der Waals surface area contributed by atoms with Crippen LogP contribution in [0, 0.1) is 5.92 Å². The van der Waals surface area contributed by atoms with Crippen molar-refractivity contribution in [1.82, 2.24) is 10.2 Å². The smallest absolute Gasteiger partial charge is 0.231 e. The maximum atomic E-state index is 12.4. The number of ether oxygens (including phenoxy) is 2. The van der Waals surface area contributed by atoms with Crippen molar-refractivity contribution in [1.29, 1.82) is 0 Å². The number of amides is 2. The summed E-state index contributed by atoms with van der Waals surface area (Å²) in [5.41, 5.74) is 0.963. The van der Waals surface area contributed by atoms with Crippen molar-refractivity contribution in [2.75, 3.05) is 13.3 Å². The Hall–Kier alpha value is -2.24. The number of nitrogens with zero attached hydrogens (tertiary/aromatic N) is 1. The summed E-state index contributed by atoms with van der Waals surface area (Å²) in [6.45, 7) is 1.24. The highest BCUT2D eigenvalue weighted by Gasteiger charge is 2.38. The van der Waals surface area contributed by atoms with Gasteiger partial charge < -0.3 is 19.7 Å². The van der Waals surface area contributed by atoms with Crippen LogP contribution in [0.2, 0.25) is 0 Å². The Kier molecular flexibility index (Phi) is 4.04. The van der Waals surface area contributed by atoms with Gasteiger partial charge >= 0.3 is 0 Å². The highest BCUT2D eigenvalue weighted by Crippen LogP contribution is 2.32. The summed E-state index contributed by atoms with van der Waals surface area (Å²) in [6, 6.07) is 6.00. The van der Waals surface area contributed by atoms with Crippen LogP contribution in [-0.2, 0) is 16.1 Å². The van der Waals surface area contributed by atoms with Crippen LogP contribution < -0.4 is 14.8 Å². The number of fused-ring (bicyclic) bond motifs is 1. The van der Waals surface area contributed by atoms with Crippen molar-refractivity contribution in [3.8, 4) is 11.5 Å². The van der Waals surface area contributed by atoms with E-state index in [1.165, 1.54) is 12.8 Å². The number of rotatable bonds is 4. The molecule has 1 aliphatic carbocycles. The monoisotopic (exact) mass is 330 g/mol. The zero-order valence-electron chi connectivity index (χ0n) is 13.6. The summed E-state index contributed by atoms with van der Waals surface area (Å²) in [5.74, 6) is 1.31. The van der Waals surface area contributed by atoms with Crippen LogP contribution in [0.1, 0.15) is 37.7 Å². The van der Waals surface area contributed by atoms with Crippen LogP contribution in [0.3, 0.4) is 0 Å². The Morgan fingerprint density at radius 1 is 1.21 bits per heavy atom. The van der Waals surface area contributed by atoms with Gasteiger partial charge in [0.1, 0.15) is 0 Å². The quantitative estimate of drug-likeness (QED) is 0.914. The summed E-state index contributed by atoms with van der Waals surface area (Å²) in [4.78, 5) is 26.5. The fourth-order valence-electron chi connectivity index (χ4n) is 3.86. The number of hydrogen-bond donors (Lipinski definition) is 1. The Balaban J connectivity index is 1.32. The Morgan fingerprint density at radius 2 is 2.00 bits per heavy atom. The molecule has 0 spiro atoms. The minimum absolute atomic E-state index is 0.0403. The number of carbonyl (C=O) groups excluding carboxylic acids is 2. The lowest BCUT2D eigenvalue weighted by Crippen LogP contribution is -2.36. The molecule has 6 heteroatoms. The molecule has 1 saturated carbocycles. The number of benzene rings is 1. The molecule has 2 heterocycles. The first kappa shape index (κ1) is 15.3. The molecule has 1 aromatic rings. The molecule has 1 saturated heterocycles. The van der Waals surface area contributed by atoms with E-state index in [1.807, 2.05) is 23.1 Å². The second-order valence-electron chi connectivity index (χ2n) is 6.79. The molecular formula is C18H22N2O4. The third-order valence-electron chi connectivity index (χ3n) is 5.20. The van der Waals surface area contributed by atoms with Gasteiger partial charge in [-0.25, -0.2) is 0 Å². The van der Waals surface area contributed by atoms with Crippen molar-refractivity contribution in [2.24, 2.45) is 5.92 Å². The molecule has 24 heavy (non-hydrogen) atoms. The zero-order valence-corrected chi connectivity index (χ0v) is 13.6. The minimum atomic E-state index is -0.230. The van der Waals surface area contributed by atoms with Gasteiger partial charge in [-0.15, -0.1) is 0 Å². The molecular weight excluding hydrogens is 308 g/mol. The second kappa shape index (κ2) is 6.34. The molecule has 4 rings (SSSR count). The SMILES string of the molecule is O=C(NCc1ccc2c(c1)OCO2)[C@@H]1CC(=O)N(C2CCCC2)C1. The number of nitrogens with one attached hydrogen (secondary N) is 1. The van der Waals surface area contributed by atoms with E-state index in [0.29, 0.717) is 31.3 Å². The Morgan fingerprint density at radius 3 is 2.83 bits per heavy atom. The molecule has 1 aromatic carbocycles. The lowest BCUT2D eigenvalue weighted by molar-refractivity contribution is -0.130. The number of likely N-dealkylation sites (tertiary alicyclic amines) is 1. The van der Waals surface area contributed by atoms with Crippen molar-refractivity contribution >= 4 is 11.8 Å². The van der Waals surface area contributed by atoms with Crippen molar-refractivity contribution in [2.45, 2.75) is 44.7 Å². The molecule has 128 valence electrons. The van der Waals surface area contributed by atoms with E-state index in [-0.39, 0.29) is 24.5 Å². The normalized spacial score (nSPS) is 23.1. The van der Waals surface area contributed by atoms with Gasteiger partial charge in [0.15, 0.2) is 11.5 Å². The molecule has 1 N–H and O–H groups in total. The predicted molar refractivity (Wildman–Crippen MR) is 86.5 cm³/mol. The summed E-state index contributed by atoms with van der Waals surface area (Å²) in [6.07, 6.45) is 4.88. The first-order valence-electron chi connectivity index (χ1n) is 8.66. The van der Waals surface area contributed by atoms with Crippen LogP contribution in [-0.4, -0.2) is 36.1 Å². The molecule has 0 radical (unpaired) electrons. The average molecular weight is 330 g/mol. The molecule has 0 bridgehead atoms. The summed E-state index contributed by atoms with van der Waals surface area (Å²) in [5, 5.41) is 2.95. The van der Waals surface area contributed by atoms with Gasteiger partial charge in [0.25, 0.3) is 0 Å². The van der Waals surface area contributed by atoms with Crippen LogP contribution in [0.4, 0.5) is 0 Å². The Bertz CT molecular complexity index is 654. The predicted octanol–water partition coefficient (Wildman–Crippen LogP) is 1.82. The third-order valence-corrected chi connectivity index (χ3v) is 5.20. The van der Waals surface area contributed by atoms with E-state index in [1.54, 1.807) is 0 Å². The highest BCUT2D eigenvalue weighted by molar-refractivity contribution is 5.89. The molecule has 2 aliphatic heterocycles. The van der Waals surface area contributed by atoms with Gasteiger partial charge in [-0.1, -0.05) is 18.9 Å². The van der Waals surface area contributed by atoms with Gasteiger partial charge in [0.05, 0.1) is 5.92 Å². The molecule has 2 fully saturated rings. The van der Waals surface area contributed by atoms with E-state index in [9.17, 15) is 9.59 Å². The van der Waals surface area contributed by atoms with Gasteiger partial charge in [0.2, 0.25) is 18.6 Å². The van der Waals surface area contributed by atoms with E-state index in [2.05, 4.69) is 5.32 Å². The van der Waals surface area contributed by atoms with Gasteiger partial charge in [-0.05, 0) is 30.5 Å². The van der Waals surface area contributed by atoms with Gasteiger partial charge in [0, 0.05) is 25.6 Å². The molecule has 0 unspecified atom stereocenters. The van der Waals surface area contributed by atoms with Crippen molar-refractivity contribution < 1.29 is 19.1 Å². The van der Waals surface area contributed by atoms with Gasteiger partial charge in [-0.3, -0.25) is 9.59 Å². The van der Waals surface area contributed by atoms with Crippen LogP contribution in [0.15, 0.2) is 18.2 Å². The van der Waals surface area contributed by atoms with Crippen molar-refractivity contribution in [3.63, 3.8) is 0 Å². The van der Waals surface area contributed by atoms with Crippen LogP contribution >= 0.6 is 0 Å². The standard InChI is InChI=1S/C18H22N2O4/c21-17-8-13(10-20(17)14-3-1-2-4-14)18(22)19-9-12-5-6-15-16(7-12)24-11-23-15/h5-7,13-14H,1-4,8-11H2,(H,19,22)/t13-/m1/s1. The third kappa shape index (κ3) is 2.92. The molecule has 2 amide bonds. The van der Waals surface area contributed by atoms with Gasteiger partial charge in [-0.2, -0.15) is 0 Å². The second-order valence-corrected chi connectivity index (χ2v) is 6.79. The molecule has 0 aromatic heterocycles. The fraction of sp³-hybridized carbons (Fsp3) is 0.556. The number of hydrogen-bond acceptors (Lipinski definition) is 4. The lowest BCUT2D eigenvalue weighted by Gasteiger charge is -2.23. The first-order valence-corrected chi connectivity index (χ1v) is 8.66. The van der Waals surface area contributed by atoms with Crippen molar-refractivity contribution in [3.05, 3.63) is 23.8 Å². The molecule has 3 aliphatic rings. The lowest BCUT2D eigenvalue weighted by atomic mass is 10.1. The van der Waals surface area contributed by atoms with E-state index >= 15 is 0 Å². The Labute approximate surface area is 141 Å². The van der Waals surface area contributed by atoms with E-state index < -0.39 is 0 Å². The average Bonchev–Trinajstić information content (AvgIpc) is 3.31. The molecule has 6 nitrogen and oxygen atoms in total. The first-order chi connectivity index (χ1) is 11.7. The summed E-state index contributed by atoms with van der Waals surface area (Å²) in [7, 11) is 0. The number of carbonyl (C=O) groups is 2. The zero-order chi connectivity index (χ0) is 16.5. The largest absolute Gasteiger partial charge is 0.454 e. The maximum absolute atomic E-state index is 12.4. The minimum Gasteiger partial charge on any atom is -0.454 e. The van der Waals surface area contributed by atoms with Crippen LogP contribution in [0.25, 0.3) is 0 Å². The van der Waals surface area contributed by atoms with Crippen LogP contribution in [0.5, 0.6) is 11.5 Å².